The van der Waals surface area contributed by atoms with Crippen molar-refractivity contribution in [3.63, 3.8) is 0 Å². The summed E-state index contributed by atoms with van der Waals surface area (Å²) in [6.45, 7) is 1.37. The van der Waals surface area contributed by atoms with Crippen molar-refractivity contribution in [2.75, 3.05) is 13.1 Å². The Morgan fingerprint density at radius 3 is 2.17 bits per heavy atom. The monoisotopic (exact) mass is 346 g/mol. The fraction of sp³-hybridized carbons (Fsp3) is 0.812. The van der Waals surface area contributed by atoms with Gasteiger partial charge in [-0.1, -0.05) is 12.8 Å². The van der Waals surface area contributed by atoms with E-state index in [0.29, 0.717) is 25.9 Å². The zero-order valence-corrected chi connectivity index (χ0v) is 13.5. The minimum absolute atomic E-state index is 0.0620. The topological polar surface area (TPSA) is 86.7 Å². The number of carbonyl (C=O) groups is 3. The van der Waals surface area contributed by atoms with Crippen molar-refractivity contribution in [3.8, 4) is 0 Å². The molecular weight excluding hydrogens is 322 g/mol. The molecule has 2 amide bonds. The lowest BCUT2D eigenvalue weighted by Gasteiger charge is -2.33. The molecule has 8 heteroatoms. The number of carbonyl (C=O) groups excluding carboxylic acids is 2. The van der Waals surface area contributed by atoms with E-state index in [0.717, 1.165) is 25.7 Å². The fourth-order valence-electron chi connectivity index (χ4n) is 3.59. The minimum Gasteiger partial charge on any atom is -0.480 e. The molecule has 2 aliphatic rings. The molecule has 1 heterocycles. The van der Waals surface area contributed by atoms with E-state index in [4.69, 9.17) is 5.11 Å². The van der Waals surface area contributed by atoms with Crippen LogP contribution >= 0.6 is 0 Å². The quantitative estimate of drug-likeness (QED) is 0.765. The van der Waals surface area contributed by atoms with Crippen molar-refractivity contribution in [2.24, 2.45) is 11.8 Å². The first-order valence-electron chi connectivity index (χ1n) is 8.50. The van der Waals surface area contributed by atoms with Gasteiger partial charge in [-0.25, -0.2) is 13.6 Å². The SMILES string of the molecule is O=C(O)C(CC(F)F)NC(=O)C1CCCCC1C(=O)N1CCCC1. The number of carboxylic acids is 1. The third kappa shape index (κ3) is 4.64. The van der Waals surface area contributed by atoms with Crippen LogP contribution in [-0.2, 0) is 14.4 Å². The van der Waals surface area contributed by atoms with Crippen molar-refractivity contribution in [2.45, 2.75) is 57.4 Å². The number of halogens is 2. The zero-order chi connectivity index (χ0) is 17.7. The Labute approximate surface area is 139 Å². The van der Waals surface area contributed by atoms with Gasteiger partial charge >= 0.3 is 5.97 Å². The molecule has 0 aromatic rings. The van der Waals surface area contributed by atoms with E-state index in [1.807, 2.05) is 0 Å². The lowest BCUT2D eigenvalue weighted by molar-refractivity contribution is -0.146. The van der Waals surface area contributed by atoms with Gasteiger partial charge in [0.25, 0.3) is 0 Å². The maximum atomic E-state index is 12.6. The summed E-state index contributed by atoms with van der Waals surface area (Å²) in [5.74, 6) is -3.25. The third-order valence-corrected chi connectivity index (χ3v) is 4.87. The molecule has 1 saturated carbocycles. The molecule has 24 heavy (non-hydrogen) atoms. The Morgan fingerprint density at radius 2 is 1.62 bits per heavy atom. The predicted octanol–water partition coefficient (Wildman–Crippen LogP) is 1.64. The van der Waals surface area contributed by atoms with E-state index in [-0.39, 0.29) is 5.91 Å². The van der Waals surface area contributed by atoms with Crippen molar-refractivity contribution < 1.29 is 28.3 Å². The van der Waals surface area contributed by atoms with E-state index in [1.165, 1.54) is 0 Å². The first-order chi connectivity index (χ1) is 11.4. The summed E-state index contributed by atoms with van der Waals surface area (Å²) in [6, 6.07) is -1.62. The summed E-state index contributed by atoms with van der Waals surface area (Å²) in [5, 5.41) is 11.2. The number of hydrogen-bond acceptors (Lipinski definition) is 3. The van der Waals surface area contributed by atoms with Gasteiger partial charge in [-0.15, -0.1) is 0 Å². The number of amides is 2. The van der Waals surface area contributed by atoms with Gasteiger partial charge in [0.05, 0.1) is 0 Å². The Balaban J connectivity index is 2.03. The largest absolute Gasteiger partial charge is 0.480 e. The van der Waals surface area contributed by atoms with Crippen molar-refractivity contribution in [3.05, 3.63) is 0 Å². The van der Waals surface area contributed by atoms with Crippen LogP contribution in [0, 0.1) is 11.8 Å². The number of rotatable bonds is 6. The average molecular weight is 346 g/mol. The molecule has 0 spiro atoms. The maximum absolute atomic E-state index is 12.6. The molecule has 6 nitrogen and oxygen atoms in total. The Bertz CT molecular complexity index is 481. The predicted molar refractivity (Wildman–Crippen MR) is 81.4 cm³/mol. The highest BCUT2D eigenvalue weighted by Gasteiger charge is 2.39. The second-order valence-corrected chi connectivity index (χ2v) is 6.56. The summed E-state index contributed by atoms with van der Waals surface area (Å²) in [7, 11) is 0. The van der Waals surface area contributed by atoms with Crippen LogP contribution in [0.15, 0.2) is 0 Å². The van der Waals surface area contributed by atoms with Gasteiger partial charge in [0.2, 0.25) is 18.2 Å². The van der Waals surface area contributed by atoms with E-state index in [9.17, 15) is 23.2 Å². The molecule has 0 radical (unpaired) electrons. The van der Waals surface area contributed by atoms with Gasteiger partial charge in [0, 0.05) is 31.3 Å². The van der Waals surface area contributed by atoms with E-state index < -0.39 is 42.6 Å². The molecule has 2 rings (SSSR count). The Kier molecular flexibility index (Phi) is 6.51. The number of carboxylic acid groups (broad SMARTS) is 1. The van der Waals surface area contributed by atoms with Crippen molar-refractivity contribution in [1.82, 2.24) is 10.2 Å². The highest BCUT2D eigenvalue weighted by atomic mass is 19.3. The fourth-order valence-corrected chi connectivity index (χ4v) is 3.59. The molecule has 0 aromatic heterocycles. The van der Waals surface area contributed by atoms with Crippen LogP contribution < -0.4 is 5.32 Å². The van der Waals surface area contributed by atoms with Gasteiger partial charge < -0.3 is 15.3 Å². The number of alkyl halides is 2. The molecule has 1 aliphatic carbocycles. The molecule has 1 saturated heterocycles. The number of aliphatic carboxylic acids is 1. The van der Waals surface area contributed by atoms with Gasteiger partial charge in [-0.3, -0.25) is 9.59 Å². The Morgan fingerprint density at radius 1 is 1.04 bits per heavy atom. The molecule has 136 valence electrons. The summed E-state index contributed by atoms with van der Waals surface area (Å²) in [4.78, 5) is 37.9. The van der Waals surface area contributed by atoms with Crippen LogP contribution in [0.1, 0.15) is 44.9 Å². The van der Waals surface area contributed by atoms with Crippen molar-refractivity contribution in [1.29, 1.82) is 0 Å². The van der Waals surface area contributed by atoms with Crippen LogP contribution in [0.25, 0.3) is 0 Å². The number of hydrogen-bond donors (Lipinski definition) is 2. The summed E-state index contributed by atoms with van der Waals surface area (Å²) in [5.41, 5.74) is 0. The number of nitrogens with one attached hydrogen (secondary N) is 1. The number of nitrogens with zero attached hydrogens (tertiary/aromatic N) is 1. The lowest BCUT2D eigenvalue weighted by atomic mass is 9.77. The smallest absolute Gasteiger partial charge is 0.326 e. The van der Waals surface area contributed by atoms with E-state index >= 15 is 0 Å². The molecular formula is C16H24F2N2O4. The van der Waals surface area contributed by atoms with Crippen LogP contribution in [0.5, 0.6) is 0 Å². The summed E-state index contributed by atoms with van der Waals surface area (Å²) in [6.07, 6.45) is 0.826. The zero-order valence-electron chi connectivity index (χ0n) is 13.5. The average Bonchev–Trinajstić information content (AvgIpc) is 3.07. The van der Waals surface area contributed by atoms with Crippen molar-refractivity contribution >= 4 is 17.8 Å². The van der Waals surface area contributed by atoms with Gasteiger partial charge in [-0.05, 0) is 25.7 Å². The van der Waals surface area contributed by atoms with Gasteiger partial charge in [-0.2, -0.15) is 0 Å². The van der Waals surface area contributed by atoms with Crippen LogP contribution in [-0.4, -0.2) is 53.3 Å². The molecule has 0 bridgehead atoms. The summed E-state index contributed by atoms with van der Waals surface area (Å²) >= 11 is 0. The Hall–Kier alpha value is -1.73. The second-order valence-electron chi connectivity index (χ2n) is 6.56. The first-order valence-corrected chi connectivity index (χ1v) is 8.50. The molecule has 3 atom stereocenters. The minimum atomic E-state index is -2.82. The highest BCUT2D eigenvalue weighted by molar-refractivity contribution is 5.90. The second kappa shape index (κ2) is 8.39. The first kappa shape index (κ1) is 18.6. The number of likely N-dealkylation sites (tertiary alicyclic amines) is 1. The molecule has 1 aliphatic heterocycles. The van der Waals surface area contributed by atoms with Gasteiger partial charge in [0.15, 0.2) is 0 Å². The molecule has 3 unspecified atom stereocenters. The molecule has 2 fully saturated rings. The third-order valence-electron chi connectivity index (χ3n) is 4.87. The standard InChI is InChI=1S/C16H24F2N2O4/c17-13(18)9-12(16(23)24)19-14(21)10-5-1-2-6-11(10)15(22)20-7-3-4-8-20/h10-13H,1-9H2,(H,19,21)(H,23,24). The van der Waals surface area contributed by atoms with E-state index in [1.54, 1.807) is 4.90 Å². The van der Waals surface area contributed by atoms with E-state index in [2.05, 4.69) is 5.32 Å². The molecule has 2 N–H and O–H groups in total. The lowest BCUT2D eigenvalue weighted by Crippen LogP contribution is -2.49. The normalized spacial score (nSPS) is 25.5. The summed E-state index contributed by atoms with van der Waals surface area (Å²) < 4.78 is 24.9. The highest BCUT2D eigenvalue weighted by Crippen LogP contribution is 2.32. The van der Waals surface area contributed by atoms with Gasteiger partial charge in [0.1, 0.15) is 6.04 Å². The van der Waals surface area contributed by atoms with Crippen LogP contribution in [0.3, 0.4) is 0 Å². The van der Waals surface area contributed by atoms with Crippen LogP contribution in [0.4, 0.5) is 8.78 Å². The van der Waals surface area contributed by atoms with Crippen LogP contribution in [0.2, 0.25) is 0 Å². The maximum Gasteiger partial charge on any atom is 0.326 e. The molecule has 0 aromatic carbocycles.